The lowest BCUT2D eigenvalue weighted by atomic mass is 10.2. The predicted molar refractivity (Wildman–Crippen MR) is 76.9 cm³/mol. The van der Waals surface area contributed by atoms with Crippen LogP contribution in [0.1, 0.15) is 9.67 Å². The van der Waals surface area contributed by atoms with Gasteiger partial charge in [-0.25, -0.2) is 4.39 Å². The second-order valence-corrected chi connectivity index (χ2v) is 5.74. The summed E-state index contributed by atoms with van der Waals surface area (Å²) in [5, 5.41) is 3.11. The first-order valence-electron chi connectivity index (χ1n) is 5.38. The van der Waals surface area contributed by atoms with E-state index in [9.17, 15) is 9.18 Å². The molecule has 1 aromatic carbocycles. The summed E-state index contributed by atoms with van der Waals surface area (Å²) in [4.78, 5) is 12.3. The Balaban J connectivity index is 2.31. The number of fused-ring (bicyclic) bond motifs is 1. The Bertz CT molecular complexity index is 583. The Labute approximate surface area is 113 Å². The quantitative estimate of drug-likeness (QED) is 0.849. The van der Waals surface area contributed by atoms with Crippen molar-refractivity contribution in [3.8, 4) is 0 Å². The summed E-state index contributed by atoms with van der Waals surface area (Å²) >= 11 is 2.87. The van der Waals surface area contributed by atoms with Crippen molar-refractivity contribution in [2.24, 2.45) is 0 Å². The number of amides is 1. The van der Waals surface area contributed by atoms with Crippen LogP contribution in [-0.2, 0) is 0 Å². The van der Waals surface area contributed by atoms with Crippen molar-refractivity contribution in [1.29, 1.82) is 0 Å². The molecule has 3 nitrogen and oxygen atoms in total. The van der Waals surface area contributed by atoms with Crippen LogP contribution in [-0.4, -0.2) is 24.5 Å². The number of carbonyl (C=O) groups excluding carboxylic acids is 1. The third-order valence-corrected chi connectivity index (χ3v) is 4.28. The highest BCUT2D eigenvalue weighted by Gasteiger charge is 2.18. The van der Waals surface area contributed by atoms with Crippen LogP contribution < -0.4 is 11.1 Å². The van der Waals surface area contributed by atoms with Gasteiger partial charge in [0.1, 0.15) is 10.7 Å². The lowest BCUT2D eigenvalue weighted by Crippen LogP contribution is -2.25. The molecule has 2 aromatic rings. The molecule has 1 heterocycles. The molecule has 2 rings (SSSR count). The second-order valence-electron chi connectivity index (χ2n) is 3.71. The topological polar surface area (TPSA) is 55.1 Å². The zero-order valence-corrected chi connectivity index (χ0v) is 11.5. The fourth-order valence-electron chi connectivity index (χ4n) is 1.64. The number of benzene rings is 1. The largest absolute Gasteiger partial charge is 0.397 e. The number of carbonyl (C=O) groups is 1. The van der Waals surface area contributed by atoms with Gasteiger partial charge in [0.15, 0.2) is 0 Å². The van der Waals surface area contributed by atoms with Gasteiger partial charge in [-0.05, 0) is 18.4 Å². The molecule has 0 spiro atoms. The van der Waals surface area contributed by atoms with E-state index in [2.05, 4.69) is 5.32 Å². The van der Waals surface area contributed by atoms with Gasteiger partial charge < -0.3 is 11.1 Å². The van der Waals surface area contributed by atoms with Gasteiger partial charge in [0, 0.05) is 17.0 Å². The lowest BCUT2D eigenvalue weighted by Gasteiger charge is -2.02. The Morgan fingerprint density at radius 2 is 2.33 bits per heavy atom. The molecule has 0 fully saturated rings. The summed E-state index contributed by atoms with van der Waals surface area (Å²) in [6, 6.07) is 4.72. The summed E-state index contributed by atoms with van der Waals surface area (Å²) in [7, 11) is 0. The van der Waals surface area contributed by atoms with Crippen LogP contribution in [0.3, 0.4) is 0 Å². The summed E-state index contributed by atoms with van der Waals surface area (Å²) in [5.41, 5.74) is 6.08. The predicted octanol–water partition coefficient (Wildman–Crippen LogP) is 2.72. The maximum absolute atomic E-state index is 13.6. The average molecular weight is 284 g/mol. The second kappa shape index (κ2) is 5.58. The van der Waals surface area contributed by atoms with Crippen LogP contribution in [0.15, 0.2) is 18.2 Å². The number of halogens is 1. The molecule has 3 N–H and O–H groups in total. The Morgan fingerprint density at radius 1 is 1.56 bits per heavy atom. The Morgan fingerprint density at radius 3 is 3.00 bits per heavy atom. The van der Waals surface area contributed by atoms with Crippen molar-refractivity contribution in [2.75, 3.05) is 24.3 Å². The molecule has 6 heteroatoms. The third kappa shape index (κ3) is 2.44. The smallest absolute Gasteiger partial charge is 0.263 e. The molecule has 0 unspecified atom stereocenters. The molecule has 0 saturated carbocycles. The van der Waals surface area contributed by atoms with Crippen LogP contribution in [0.2, 0.25) is 0 Å². The van der Waals surface area contributed by atoms with Gasteiger partial charge in [0.2, 0.25) is 0 Å². The van der Waals surface area contributed by atoms with Gasteiger partial charge in [-0.1, -0.05) is 6.07 Å². The highest BCUT2D eigenvalue weighted by atomic mass is 32.2. The molecule has 0 saturated heterocycles. The van der Waals surface area contributed by atoms with E-state index in [0.29, 0.717) is 21.5 Å². The first kappa shape index (κ1) is 13.2. The molecular weight excluding hydrogens is 271 g/mol. The molecule has 0 bridgehead atoms. The first-order valence-corrected chi connectivity index (χ1v) is 7.59. The molecular formula is C12H13FN2OS2. The first-order chi connectivity index (χ1) is 8.65. The highest BCUT2D eigenvalue weighted by molar-refractivity contribution is 7.98. The lowest BCUT2D eigenvalue weighted by molar-refractivity contribution is 0.0961. The number of thioether (sulfide) groups is 1. The van der Waals surface area contributed by atoms with Crippen molar-refractivity contribution >= 4 is 44.8 Å². The summed E-state index contributed by atoms with van der Waals surface area (Å²) in [6.07, 6.45) is 1.97. The summed E-state index contributed by atoms with van der Waals surface area (Å²) in [5.74, 6) is 0.219. The van der Waals surface area contributed by atoms with Gasteiger partial charge in [-0.3, -0.25) is 4.79 Å². The Hall–Kier alpha value is -1.27. The van der Waals surface area contributed by atoms with E-state index in [-0.39, 0.29) is 17.4 Å². The number of nitrogen functional groups attached to an aromatic ring is 1. The van der Waals surface area contributed by atoms with E-state index >= 15 is 0 Å². The number of anilines is 1. The van der Waals surface area contributed by atoms with Gasteiger partial charge in [-0.15, -0.1) is 11.3 Å². The average Bonchev–Trinajstić information content (AvgIpc) is 2.68. The van der Waals surface area contributed by atoms with Gasteiger partial charge >= 0.3 is 0 Å². The van der Waals surface area contributed by atoms with E-state index in [1.807, 2.05) is 6.26 Å². The van der Waals surface area contributed by atoms with Crippen molar-refractivity contribution in [1.82, 2.24) is 5.32 Å². The van der Waals surface area contributed by atoms with Crippen LogP contribution >= 0.6 is 23.1 Å². The molecule has 18 heavy (non-hydrogen) atoms. The standard InChI is InChI=1S/C12H13FN2OS2/c1-17-6-5-15-12(16)11-10(14)9-7(13)3-2-4-8(9)18-11/h2-4H,5-6,14H2,1H3,(H,15,16). The zero-order valence-electron chi connectivity index (χ0n) is 9.83. The van der Waals surface area contributed by atoms with Gasteiger partial charge in [0.25, 0.3) is 5.91 Å². The maximum atomic E-state index is 13.6. The molecule has 0 radical (unpaired) electrons. The number of nitrogens with two attached hydrogens (primary N) is 1. The molecule has 1 aromatic heterocycles. The van der Waals surface area contributed by atoms with Crippen LogP contribution in [0.5, 0.6) is 0 Å². The van der Waals surface area contributed by atoms with Crippen molar-refractivity contribution < 1.29 is 9.18 Å². The molecule has 1 amide bonds. The van der Waals surface area contributed by atoms with Crippen LogP contribution in [0, 0.1) is 5.82 Å². The van der Waals surface area contributed by atoms with Crippen LogP contribution in [0.25, 0.3) is 10.1 Å². The van der Waals surface area contributed by atoms with Crippen molar-refractivity contribution in [2.45, 2.75) is 0 Å². The number of nitrogens with one attached hydrogen (secondary N) is 1. The highest BCUT2D eigenvalue weighted by Crippen LogP contribution is 2.35. The van der Waals surface area contributed by atoms with E-state index < -0.39 is 0 Å². The summed E-state index contributed by atoms with van der Waals surface area (Å²) in [6.45, 7) is 0.580. The monoisotopic (exact) mass is 284 g/mol. The molecule has 0 aliphatic heterocycles. The van der Waals surface area contributed by atoms with Crippen molar-refractivity contribution in [3.05, 3.63) is 28.9 Å². The van der Waals surface area contributed by atoms with Crippen LogP contribution in [0.4, 0.5) is 10.1 Å². The minimum absolute atomic E-state index is 0.231. The van der Waals surface area contributed by atoms with Gasteiger partial charge in [0.05, 0.1) is 11.1 Å². The van der Waals surface area contributed by atoms with Crippen molar-refractivity contribution in [3.63, 3.8) is 0 Å². The molecule has 96 valence electrons. The number of rotatable bonds is 4. The van der Waals surface area contributed by atoms with E-state index in [4.69, 9.17) is 5.73 Å². The minimum Gasteiger partial charge on any atom is -0.397 e. The Kier molecular flexibility index (Phi) is 4.08. The van der Waals surface area contributed by atoms with E-state index in [1.165, 1.54) is 17.4 Å². The zero-order chi connectivity index (χ0) is 13.1. The molecule has 0 aliphatic carbocycles. The maximum Gasteiger partial charge on any atom is 0.263 e. The fourth-order valence-corrected chi connectivity index (χ4v) is 3.00. The number of hydrogen-bond acceptors (Lipinski definition) is 4. The number of thiophene rings is 1. The molecule has 0 atom stereocenters. The van der Waals surface area contributed by atoms with E-state index in [0.717, 1.165) is 5.75 Å². The van der Waals surface area contributed by atoms with E-state index in [1.54, 1.807) is 23.9 Å². The normalized spacial score (nSPS) is 10.8. The van der Waals surface area contributed by atoms with Gasteiger partial charge in [-0.2, -0.15) is 11.8 Å². The third-order valence-electron chi connectivity index (χ3n) is 2.50. The molecule has 0 aliphatic rings. The summed E-state index contributed by atoms with van der Waals surface area (Å²) < 4.78 is 14.3. The minimum atomic E-state index is -0.385. The SMILES string of the molecule is CSCCNC(=O)c1sc2cccc(F)c2c1N. The number of hydrogen-bond donors (Lipinski definition) is 2. The fraction of sp³-hybridized carbons (Fsp3) is 0.250.